The molecule has 2 rings (SSSR count). The monoisotopic (exact) mass is 332 g/mol. The lowest BCUT2D eigenvalue weighted by molar-refractivity contribution is -0.129. The molecule has 2 N–H and O–H groups in total. The predicted octanol–water partition coefficient (Wildman–Crippen LogP) is 0.578. The zero-order valence-electron chi connectivity index (χ0n) is 12.2. The molecule has 118 valence electrons. The van der Waals surface area contributed by atoms with Gasteiger partial charge in [-0.25, -0.2) is 8.42 Å². The van der Waals surface area contributed by atoms with E-state index in [1.54, 1.807) is 4.90 Å². The van der Waals surface area contributed by atoms with Gasteiger partial charge in [-0.2, -0.15) is 4.37 Å². The molecular formula is C12H20N4O3S2. The first kappa shape index (κ1) is 16.0. The number of nitrogen functional groups attached to an aromatic ring is 1. The van der Waals surface area contributed by atoms with Crippen molar-refractivity contribution in [1.29, 1.82) is 0 Å². The van der Waals surface area contributed by atoms with Crippen molar-refractivity contribution in [2.45, 2.75) is 25.2 Å². The minimum absolute atomic E-state index is 0.0392. The van der Waals surface area contributed by atoms with Crippen LogP contribution in [0.2, 0.25) is 0 Å². The third-order valence-electron chi connectivity index (χ3n) is 3.45. The quantitative estimate of drug-likeness (QED) is 0.866. The van der Waals surface area contributed by atoms with Gasteiger partial charge in [-0.1, -0.05) is 6.92 Å². The summed E-state index contributed by atoms with van der Waals surface area (Å²) in [5, 5.41) is 0.601. The molecule has 1 aliphatic rings. The summed E-state index contributed by atoms with van der Waals surface area (Å²) in [6.45, 7) is 5.71. The van der Waals surface area contributed by atoms with E-state index in [0.29, 0.717) is 37.6 Å². The van der Waals surface area contributed by atoms with Crippen LogP contribution in [-0.2, 0) is 14.6 Å². The Hall–Kier alpha value is -1.35. The second kappa shape index (κ2) is 6.18. The van der Waals surface area contributed by atoms with E-state index in [9.17, 15) is 13.2 Å². The molecule has 1 aromatic rings. The summed E-state index contributed by atoms with van der Waals surface area (Å²) >= 11 is 1.11. The number of hydrogen-bond acceptors (Lipinski definition) is 7. The molecule has 0 atom stereocenters. The van der Waals surface area contributed by atoms with E-state index < -0.39 is 9.84 Å². The molecule has 1 fully saturated rings. The highest BCUT2D eigenvalue weighted by Crippen LogP contribution is 2.36. The lowest BCUT2D eigenvalue weighted by Crippen LogP contribution is -2.48. The topological polar surface area (TPSA) is 96.6 Å². The molecule has 1 aliphatic heterocycles. The predicted molar refractivity (Wildman–Crippen MR) is 83.3 cm³/mol. The molecule has 0 saturated carbocycles. The summed E-state index contributed by atoms with van der Waals surface area (Å²) in [6, 6.07) is 0. The summed E-state index contributed by atoms with van der Waals surface area (Å²) in [7, 11) is -3.41. The van der Waals surface area contributed by atoms with Crippen LogP contribution in [0.25, 0.3) is 0 Å². The zero-order chi connectivity index (χ0) is 15.6. The van der Waals surface area contributed by atoms with Crippen molar-refractivity contribution in [1.82, 2.24) is 9.27 Å². The highest BCUT2D eigenvalue weighted by atomic mass is 32.2. The molecule has 1 aromatic heterocycles. The third-order valence-corrected chi connectivity index (χ3v) is 6.48. The zero-order valence-corrected chi connectivity index (χ0v) is 13.8. The van der Waals surface area contributed by atoms with Gasteiger partial charge in [0, 0.05) is 33.1 Å². The van der Waals surface area contributed by atoms with Crippen LogP contribution in [0.5, 0.6) is 0 Å². The maximum atomic E-state index is 12.3. The lowest BCUT2D eigenvalue weighted by atomic mass is 10.3. The van der Waals surface area contributed by atoms with Crippen molar-refractivity contribution in [2.75, 3.05) is 42.6 Å². The van der Waals surface area contributed by atoms with Crippen LogP contribution < -0.4 is 10.6 Å². The van der Waals surface area contributed by atoms with Gasteiger partial charge in [0.05, 0.1) is 5.75 Å². The van der Waals surface area contributed by atoms with Crippen LogP contribution in [0.1, 0.15) is 20.3 Å². The van der Waals surface area contributed by atoms with E-state index in [-0.39, 0.29) is 22.4 Å². The number of nitrogens with two attached hydrogens (primary N) is 1. The summed E-state index contributed by atoms with van der Waals surface area (Å²) < 4.78 is 28.7. The molecule has 0 aromatic carbocycles. The van der Waals surface area contributed by atoms with Crippen molar-refractivity contribution in [3.8, 4) is 0 Å². The number of sulfone groups is 1. The molecule has 0 radical (unpaired) electrons. The molecule has 1 amide bonds. The SMILES string of the molecule is CCCS(=O)(=O)c1c(N)nsc1N1CCN(C(C)=O)CC1. The number of piperazine rings is 1. The molecule has 1 saturated heterocycles. The first-order valence-electron chi connectivity index (χ1n) is 6.85. The summed E-state index contributed by atoms with van der Waals surface area (Å²) in [4.78, 5) is 15.2. The van der Waals surface area contributed by atoms with E-state index in [1.165, 1.54) is 6.92 Å². The van der Waals surface area contributed by atoms with E-state index in [4.69, 9.17) is 5.73 Å². The van der Waals surface area contributed by atoms with E-state index in [1.807, 2.05) is 11.8 Å². The normalized spacial score (nSPS) is 16.3. The van der Waals surface area contributed by atoms with Gasteiger partial charge in [0.15, 0.2) is 15.7 Å². The summed E-state index contributed by atoms with van der Waals surface area (Å²) in [6.07, 6.45) is 0.537. The number of anilines is 2. The third kappa shape index (κ3) is 3.29. The highest BCUT2D eigenvalue weighted by Gasteiger charge is 2.29. The van der Waals surface area contributed by atoms with E-state index in [0.717, 1.165) is 11.5 Å². The Kier molecular flexibility index (Phi) is 4.72. The number of hydrogen-bond donors (Lipinski definition) is 1. The molecule has 0 spiro atoms. The first-order valence-corrected chi connectivity index (χ1v) is 9.27. The first-order chi connectivity index (χ1) is 9.86. The van der Waals surface area contributed by atoms with Crippen molar-refractivity contribution >= 4 is 38.1 Å². The minimum Gasteiger partial charge on any atom is -0.382 e. The molecule has 0 bridgehead atoms. The average Bonchev–Trinajstić information content (AvgIpc) is 2.81. The summed E-state index contributed by atoms with van der Waals surface area (Å²) in [5.74, 6) is 0.186. The van der Waals surface area contributed by atoms with Gasteiger partial charge >= 0.3 is 0 Å². The molecular weight excluding hydrogens is 312 g/mol. The minimum atomic E-state index is -3.41. The second-order valence-corrected chi connectivity index (χ2v) is 7.81. The Labute approximate surface area is 128 Å². The highest BCUT2D eigenvalue weighted by molar-refractivity contribution is 7.91. The number of amides is 1. The fourth-order valence-electron chi connectivity index (χ4n) is 2.37. The molecule has 21 heavy (non-hydrogen) atoms. The Morgan fingerprint density at radius 3 is 2.48 bits per heavy atom. The molecule has 9 heteroatoms. The lowest BCUT2D eigenvalue weighted by Gasteiger charge is -2.34. The fourth-order valence-corrected chi connectivity index (χ4v) is 5.19. The Balaban J connectivity index is 2.25. The van der Waals surface area contributed by atoms with Gasteiger partial charge in [0.25, 0.3) is 0 Å². The van der Waals surface area contributed by atoms with Gasteiger partial charge in [0.2, 0.25) is 5.91 Å². The van der Waals surface area contributed by atoms with E-state index in [2.05, 4.69) is 4.37 Å². The molecule has 0 unspecified atom stereocenters. The van der Waals surface area contributed by atoms with Gasteiger partial charge in [-0.3, -0.25) is 4.79 Å². The van der Waals surface area contributed by atoms with Crippen molar-refractivity contribution in [3.63, 3.8) is 0 Å². The van der Waals surface area contributed by atoms with Crippen molar-refractivity contribution in [2.24, 2.45) is 0 Å². The smallest absolute Gasteiger partial charge is 0.219 e. The van der Waals surface area contributed by atoms with Crippen LogP contribution in [0.15, 0.2) is 4.90 Å². The average molecular weight is 332 g/mol. The number of carbonyl (C=O) groups excluding carboxylic acids is 1. The maximum Gasteiger partial charge on any atom is 0.219 e. The fraction of sp³-hybridized carbons (Fsp3) is 0.667. The standard InChI is InChI=1S/C12H20N4O3S2/c1-3-8-21(18,19)10-11(13)14-20-12(10)16-6-4-15(5-7-16)9(2)17/h3-8H2,1-2H3,(H2,13,14). The Bertz CT molecular complexity index is 618. The maximum absolute atomic E-state index is 12.3. The van der Waals surface area contributed by atoms with Crippen LogP contribution in [0, 0.1) is 0 Å². The van der Waals surface area contributed by atoms with Gasteiger partial charge in [-0.15, -0.1) is 0 Å². The van der Waals surface area contributed by atoms with Crippen molar-refractivity contribution < 1.29 is 13.2 Å². The van der Waals surface area contributed by atoms with Gasteiger partial charge in [-0.05, 0) is 18.0 Å². The number of rotatable bonds is 4. The molecule has 0 aliphatic carbocycles. The largest absolute Gasteiger partial charge is 0.382 e. The van der Waals surface area contributed by atoms with Crippen LogP contribution in [-0.4, -0.2) is 55.5 Å². The number of aromatic nitrogens is 1. The second-order valence-electron chi connectivity index (χ2n) is 5.01. The van der Waals surface area contributed by atoms with Crippen LogP contribution >= 0.6 is 11.5 Å². The van der Waals surface area contributed by atoms with E-state index >= 15 is 0 Å². The van der Waals surface area contributed by atoms with Gasteiger partial charge in [0.1, 0.15) is 9.90 Å². The van der Waals surface area contributed by atoms with Crippen LogP contribution in [0.3, 0.4) is 0 Å². The van der Waals surface area contributed by atoms with Gasteiger partial charge < -0.3 is 15.5 Å². The Morgan fingerprint density at radius 2 is 1.95 bits per heavy atom. The number of nitrogens with zero attached hydrogens (tertiary/aromatic N) is 3. The number of carbonyl (C=O) groups is 1. The molecule has 7 nitrogen and oxygen atoms in total. The Morgan fingerprint density at radius 1 is 1.33 bits per heavy atom. The summed E-state index contributed by atoms with van der Waals surface area (Å²) in [5.41, 5.74) is 5.77. The van der Waals surface area contributed by atoms with Crippen LogP contribution in [0.4, 0.5) is 10.8 Å². The van der Waals surface area contributed by atoms with Crippen molar-refractivity contribution in [3.05, 3.63) is 0 Å². The molecule has 2 heterocycles.